The smallest absolute Gasteiger partial charge is 0.278 e. The van der Waals surface area contributed by atoms with Crippen LogP contribution in [0.25, 0.3) is 0 Å². The van der Waals surface area contributed by atoms with E-state index in [1.165, 1.54) is 0 Å². The number of methoxy groups -OCH3 is 1. The zero-order valence-electron chi connectivity index (χ0n) is 11.5. The number of carbonyl (C=O) groups excluding carboxylic acids is 1. The number of anilines is 2. The molecule has 0 spiro atoms. The first kappa shape index (κ1) is 14.1. The first-order valence-corrected chi connectivity index (χ1v) is 6.29. The predicted octanol–water partition coefficient (Wildman–Crippen LogP) is 0.580. The van der Waals surface area contributed by atoms with Gasteiger partial charge in [0, 0.05) is 26.0 Å². The maximum absolute atomic E-state index is 12.1. The summed E-state index contributed by atoms with van der Waals surface area (Å²) in [6.45, 7) is 3.77. The van der Waals surface area contributed by atoms with Crippen LogP contribution in [0.1, 0.15) is 17.4 Å². The number of nitrogens with one attached hydrogen (secondary N) is 1. The summed E-state index contributed by atoms with van der Waals surface area (Å²) in [5.41, 5.74) is 6.93. The predicted molar refractivity (Wildman–Crippen MR) is 74.4 cm³/mol. The highest BCUT2D eigenvalue weighted by Gasteiger charge is 2.15. The molecule has 0 aromatic carbocycles. The first-order valence-electron chi connectivity index (χ1n) is 6.29. The third kappa shape index (κ3) is 3.15. The Hall–Kier alpha value is -2.35. The van der Waals surface area contributed by atoms with Crippen LogP contribution in [0, 0.1) is 0 Å². The molecule has 0 radical (unpaired) electrons. The minimum Gasteiger partial charge on any atom is -0.396 e. The lowest BCUT2D eigenvalue weighted by atomic mass is 10.3. The average molecular weight is 278 g/mol. The molecule has 2 aromatic heterocycles. The van der Waals surface area contributed by atoms with E-state index >= 15 is 0 Å². The average Bonchev–Trinajstić information content (AvgIpc) is 3.02. The Labute approximate surface area is 116 Å². The Morgan fingerprint density at radius 3 is 2.90 bits per heavy atom. The van der Waals surface area contributed by atoms with E-state index in [4.69, 9.17) is 10.5 Å². The number of hydrogen-bond acceptors (Lipinski definition) is 5. The number of amides is 1. The van der Waals surface area contributed by atoms with E-state index < -0.39 is 0 Å². The van der Waals surface area contributed by atoms with E-state index in [0.29, 0.717) is 31.1 Å². The second-order valence-electron chi connectivity index (χ2n) is 4.23. The molecule has 0 saturated carbocycles. The van der Waals surface area contributed by atoms with Crippen LogP contribution in [-0.4, -0.2) is 39.2 Å². The van der Waals surface area contributed by atoms with Crippen LogP contribution >= 0.6 is 0 Å². The van der Waals surface area contributed by atoms with Gasteiger partial charge >= 0.3 is 0 Å². The van der Waals surface area contributed by atoms with E-state index in [0.717, 1.165) is 0 Å². The minimum atomic E-state index is -0.346. The van der Waals surface area contributed by atoms with Gasteiger partial charge in [-0.25, -0.2) is 0 Å². The molecule has 1 amide bonds. The van der Waals surface area contributed by atoms with Crippen LogP contribution in [0.15, 0.2) is 18.6 Å². The summed E-state index contributed by atoms with van der Waals surface area (Å²) < 4.78 is 8.26. The molecule has 2 heterocycles. The van der Waals surface area contributed by atoms with Gasteiger partial charge in [0.15, 0.2) is 5.69 Å². The topological polar surface area (TPSA) is 100.0 Å². The summed E-state index contributed by atoms with van der Waals surface area (Å²) in [4.78, 5) is 12.1. The van der Waals surface area contributed by atoms with Crippen LogP contribution in [-0.2, 0) is 17.8 Å². The number of ether oxygens (including phenoxy) is 1. The van der Waals surface area contributed by atoms with Gasteiger partial charge in [0.05, 0.1) is 30.7 Å². The third-order valence-corrected chi connectivity index (χ3v) is 2.74. The van der Waals surface area contributed by atoms with Crippen molar-refractivity contribution in [2.24, 2.45) is 0 Å². The fourth-order valence-corrected chi connectivity index (χ4v) is 1.70. The minimum absolute atomic E-state index is 0.219. The lowest BCUT2D eigenvalue weighted by molar-refractivity contribution is 0.102. The zero-order chi connectivity index (χ0) is 14.5. The molecule has 8 nitrogen and oxygen atoms in total. The van der Waals surface area contributed by atoms with Crippen LogP contribution in [0.4, 0.5) is 11.4 Å². The molecular formula is C12H18N6O2. The SMILES string of the molecule is CCn1cc(N)c(C(=O)Nc2cnn(CCOC)c2)n1. The fourth-order valence-electron chi connectivity index (χ4n) is 1.70. The Bertz CT molecular complexity index is 589. The van der Waals surface area contributed by atoms with Gasteiger partial charge in [-0.15, -0.1) is 0 Å². The number of nitrogens with zero attached hydrogens (tertiary/aromatic N) is 4. The molecule has 0 bridgehead atoms. The molecule has 3 N–H and O–H groups in total. The number of nitrogens with two attached hydrogens (primary N) is 1. The number of rotatable bonds is 6. The van der Waals surface area contributed by atoms with E-state index in [2.05, 4.69) is 15.5 Å². The molecule has 2 rings (SSSR count). The number of aromatic nitrogens is 4. The molecule has 0 fully saturated rings. The Morgan fingerprint density at radius 2 is 2.25 bits per heavy atom. The van der Waals surface area contributed by atoms with Gasteiger partial charge in [0.1, 0.15) is 0 Å². The van der Waals surface area contributed by atoms with Gasteiger partial charge in [-0.2, -0.15) is 10.2 Å². The Morgan fingerprint density at radius 1 is 1.45 bits per heavy atom. The summed E-state index contributed by atoms with van der Waals surface area (Å²) in [6.07, 6.45) is 4.93. The van der Waals surface area contributed by atoms with Gasteiger partial charge in [-0.05, 0) is 6.92 Å². The maximum atomic E-state index is 12.1. The van der Waals surface area contributed by atoms with Crippen molar-refractivity contribution in [3.05, 3.63) is 24.3 Å². The van der Waals surface area contributed by atoms with Crippen molar-refractivity contribution in [2.45, 2.75) is 20.0 Å². The fraction of sp³-hybridized carbons (Fsp3) is 0.417. The normalized spacial score (nSPS) is 10.7. The molecule has 0 atom stereocenters. The molecule has 0 unspecified atom stereocenters. The Kier molecular flexibility index (Phi) is 4.36. The number of aryl methyl sites for hydroxylation is 1. The highest BCUT2D eigenvalue weighted by molar-refractivity contribution is 6.06. The number of carbonyl (C=O) groups is 1. The molecule has 108 valence electrons. The Balaban J connectivity index is 2.03. The second-order valence-corrected chi connectivity index (χ2v) is 4.23. The van der Waals surface area contributed by atoms with Crippen molar-refractivity contribution in [3.63, 3.8) is 0 Å². The van der Waals surface area contributed by atoms with Gasteiger partial charge in [0.25, 0.3) is 5.91 Å². The highest BCUT2D eigenvalue weighted by atomic mass is 16.5. The van der Waals surface area contributed by atoms with Crippen molar-refractivity contribution in [2.75, 3.05) is 24.8 Å². The number of nitrogen functional groups attached to an aromatic ring is 1. The summed E-state index contributed by atoms with van der Waals surface area (Å²) in [6, 6.07) is 0. The van der Waals surface area contributed by atoms with Gasteiger partial charge in [0.2, 0.25) is 0 Å². The van der Waals surface area contributed by atoms with Crippen molar-refractivity contribution in [3.8, 4) is 0 Å². The molecule has 8 heteroatoms. The van der Waals surface area contributed by atoms with Crippen molar-refractivity contribution >= 4 is 17.3 Å². The van der Waals surface area contributed by atoms with E-state index in [1.807, 2.05) is 6.92 Å². The highest BCUT2D eigenvalue weighted by Crippen LogP contribution is 2.12. The number of hydrogen-bond donors (Lipinski definition) is 2. The van der Waals surface area contributed by atoms with Gasteiger partial charge in [-0.3, -0.25) is 14.2 Å². The van der Waals surface area contributed by atoms with Crippen LogP contribution in [0.5, 0.6) is 0 Å². The standard InChI is InChI=1S/C12H18N6O2/c1-3-17-8-10(13)11(16-17)12(19)15-9-6-14-18(7-9)4-5-20-2/h6-8H,3-5,13H2,1-2H3,(H,15,19). The second kappa shape index (κ2) is 6.20. The van der Waals surface area contributed by atoms with Crippen molar-refractivity contribution in [1.29, 1.82) is 0 Å². The summed E-state index contributed by atoms with van der Waals surface area (Å²) in [7, 11) is 1.62. The van der Waals surface area contributed by atoms with E-state index in [1.54, 1.807) is 35.1 Å². The molecule has 0 aliphatic heterocycles. The molecule has 0 aliphatic rings. The lowest BCUT2D eigenvalue weighted by Gasteiger charge is -2.00. The quantitative estimate of drug-likeness (QED) is 0.805. The monoisotopic (exact) mass is 278 g/mol. The summed E-state index contributed by atoms with van der Waals surface area (Å²) in [5.74, 6) is -0.346. The molecule has 20 heavy (non-hydrogen) atoms. The molecular weight excluding hydrogens is 260 g/mol. The van der Waals surface area contributed by atoms with Crippen LogP contribution in [0.3, 0.4) is 0 Å². The van der Waals surface area contributed by atoms with E-state index in [9.17, 15) is 4.79 Å². The maximum Gasteiger partial charge on any atom is 0.278 e. The van der Waals surface area contributed by atoms with Crippen LogP contribution in [0.2, 0.25) is 0 Å². The van der Waals surface area contributed by atoms with Gasteiger partial charge in [-0.1, -0.05) is 0 Å². The lowest BCUT2D eigenvalue weighted by Crippen LogP contribution is -2.14. The molecule has 0 aliphatic carbocycles. The van der Waals surface area contributed by atoms with Gasteiger partial charge < -0.3 is 15.8 Å². The largest absolute Gasteiger partial charge is 0.396 e. The molecule has 2 aromatic rings. The van der Waals surface area contributed by atoms with E-state index in [-0.39, 0.29) is 11.6 Å². The summed E-state index contributed by atoms with van der Waals surface area (Å²) >= 11 is 0. The first-order chi connectivity index (χ1) is 9.63. The van der Waals surface area contributed by atoms with Crippen LogP contribution < -0.4 is 11.1 Å². The van der Waals surface area contributed by atoms with Crippen molar-refractivity contribution in [1.82, 2.24) is 19.6 Å². The zero-order valence-corrected chi connectivity index (χ0v) is 11.5. The summed E-state index contributed by atoms with van der Waals surface area (Å²) in [5, 5.41) is 10.9. The van der Waals surface area contributed by atoms with Crippen molar-refractivity contribution < 1.29 is 9.53 Å². The third-order valence-electron chi connectivity index (χ3n) is 2.74. The molecule has 0 saturated heterocycles.